The summed E-state index contributed by atoms with van der Waals surface area (Å²) in [5, 5.41) is 2.98. The molecule has 3 aromatic carbocycles. The first kappa shape index (κ1) is 32.3. The SMILES string of the molecule is CCCNC(=O)[C@@H](Cc1ccccc1)N(Cc1ccc(Br)cc1)C(=O)CCCN(c1cc(C)ccc1C)S(C)(=O)=O. The van der Waals surface area contributed by atoms with E-state index >= 15 is 0 Å². The number of nitrogens with one attached hydrogen (secondary N) is 1. The summed E-state index contributed by atoms with van der Waals surface area (Å²) >= 11 is 3.46. The molecule has 3 rings (SSSR count). The fraction of sp³-hybridized carbons (Fsp3) is 0.375. The number of anilines is 1. The number of benzene rings is 3. The smallest absolute Gasteiger partial charge is 0.243 e. The molecule has 0 saturated carbocycles. The fourth-order valence-corrected chi connectivity index (χ4v) is 5.96. The molecule has 1 atom stereocenters. The molecule has 9 heteroatoms. The Labute approximate surface area is 253 Å². The van der Waals surface area contributed by atoms with Crippen molar-refractivity contribution in [3.05, 3.63) is 99.5 Å². The van der Waals surface area contributed by atoms with Crippen LogP contribution >= 0.6 is 15.9 Å². The van der Waals surface area contributed by atoms with Gasteiger partial charge in [-0.3, -0.25) is 13.9 Å². The maximum absolute atomic E-state index is 13.9. The van der Waals surface area contributed by atoms with Gasteiger partial charge in [-0.25, -0.2) is 8.42 Å². The highest BCUT2D eigenvalue weighted by molar-refractivity contribution is 9.10. The number of nitrogens with zero attached hydrogens (tertiary/aromatic N) is 2. The second-order valence-electron chi connectivity index (χ2n) is 10.4. The highest BCUT2D eigenvalue weighted by Gasteiger charge is 2.30. The zero-order chi connectivity index (χ0) is 30.0. The third kappa shape index (κ3) is 9.71. The number of rotatable bonds is 14. The normalized spacial score (nSPS) is 12.0. The van der Waals surface area contributed by atoms with Gasteiger partial charge >= 0.3 is 0 Å². The molecule has 0 saturated heterocycles. The summed E-state index contributed by atoms with van der Waals surface area (Å²) in [6.45, 7) is 6.72. The van der Waals surface area contributed by atoms with Gasteiger partial charge in [-0.05, 0) is 67.1 Å². The van der Waals surface area contributed by atoms with E-state index in [1.807, 2.05) is 93.6 Å². The van der Waals surface area contributed by atoms with E-state index in [-0.39, 0.29) is 31.3 Å². The van der Waals surface area contributed by atoms with Crippen molar-refractivity contribution < 1.29 is 18.0 Å². The van der Waals surface area contributed by atoms with Crippen LogP contribution in [-0.4, -0.2) is 50.5 Å². The molecular weight excluding hydrogens is 602 g/mol. The van der Waals surface area contributed by atoms with Crippen LogP contribution in [0.3, 0.4) is 0 Å². The van der Waals surface area contributed by atoms with E-state index in [4.69, 9.17) is 0 Å². The molecule has 0 aliphatic heterocycles. The van der Waals surface area contributed by atoms with Gasteiger partial charge in [-0.1, -0.05) is 77.5 Å². The first-order valence-corrected chi connectivity index (χ1v) is 16.5. The van der Waals surface area contributed by atoms with Crippen molar-refractivity contribution in [3.8, 4) is 0 Å². The predicted molar refractivity (Wildman–Crippen MR) is 169 cm³/mol. The molecule has 0 fully saturated rings. The number of carbonyl (C=O) groups excluding carboxylic acids is 2. The van der Waals surface area contributed by atoms with Crippen molar-refractivity contribution in [3.63, 3.8) is 0 Å². The van der Waals surface area contributed by atoms with Crippen LogP contribution in [0.1, 0.15) is 48.4 Å². The number of hydrogen-bond donors (Lipinski definition) is 1. The van der Waals surface area contributed by atoms with Gasteiger partial charge in [-0.2, -0.15) is 0 Å². The summed E-state index contributed by atoms with van der Waals surface area (Å²) < 4.78 is 27.8. The Hall–Kier alpha value is -3.17. The summed E-state index contributed by atoms with van der Waals surface area (Å²) in [5.41, 5.74) is 4.28. The summed E-state index contributed by atoms with van der Waals surface area (Å²) in [7, 11) is -3.57. The number of sulfonamides is 1. The molecule has 0 aliphatic carbocycles. The van der Waals surface area contributed by atoms with Crippen LogP contribution in [0.15, 0.2) is 77.3 Å². The molecule has 0 aromatic heterocycles. The molecule has 41 heavy (non-hydrogen) atoms. The van der Waals surface area contributed by atoms with Crippen LogP contribution in [0.4, 0.5) is 5.69 Å². The molecule has 0 unspecified atom stereocenters. The Balaban J connectivity index is 1.88. The third-order valence-electron chi connectivity index (χ3n) is 6.87. The van der Waals surface area contributed by atoms with Crippen LogP contribution < -0.4 is 9.62 Å². The highest BCUT2D eigenvalue weighted by atomic mass is 79.9. The maximum atomic E-state index is 13.9. The van der Waals surface area contributed by atoms with Crippen LogP contribution in [-0.2, 0) is 32.6 Å². The highest BCUT2D eigenvalue weighted by Crippen LogP contribution is 2.25. The van der Waals surface area contributed by atoms with Crippen molar-refractivity contribution in [2.45, 2.75) is 59.0 Å². The van der Waals surface area contributed by atoms with Gasteiger partial charge in [-0.15, -0.1) is 0 Å². The van der Waals surface area contributed by atoms with Gasteiger partial charge in [0.05, 0.1) is 11.9 Å². The van der Waals surface area contributed by atoms with Crippen LogP contribution in [0, 0.1) is 13.8 Å². The first-order valence-electron chi connectivity index (χ1n) is 13.9. The molecule has 0 radical (unpaired) electrons. The van der Waals surface area contributed by atoms with E-state index in [1.165, 1.54) is 10.6 Å². The first-order chi connectivity index (χ1) is 19.5. The maximum Gasteiger partial charge on any atom is 0.243 e. The lowest BCUT2D eigenvalue weighted by molar-refractivity contribution is -0.141. The van der Waals surface area contributed by atoms with Crippen LogP contribution in [0.2, 0.25) is 0 Å². The molecule has 0 bridgehead atoms. The molecular formula is C32H40BrN3O4S. The van der Waals surface area contributed by atoms with E-state index in [9.17, 15) is 18.0 Å². The number of amides is 2. The molecule has 2 amide bonds. The molecule has 220 valence electrons. The fourth-order valence-electron chi connectivity index (χ4n) is 4.68. The van der Waals surface area contributed by atoms with Crippen molar-refractivity contribution >= 4 is 43.5 Å². The summed E-state index contributed by atoms with van der Waals surface area (Å²) in [6.07, 6.45) is 2.75. The van der Waals surface area contributed by atoms with Gasteiger partial charge in [0.2, 0.25) is 21.8 Å². The minimum Gasteiger partial charge on any atom is -0.354 e. The minimum absolute atomic E-state index is 0.0970. The summed E-state index contributed by atoms with van der Waals surface area (Å²) in [4.78, 5) is 29.0. The lowest BCUT2D eigenvalue weighted by atomic mass is 10.0. The Morgan fingerprint density at radius 1 is 0.951 bits per heavy atom. The molecule has 0 aliphatic rings. The average molecular weight is 643 g/mol. The number of aryl methyl sites for hydroxylation is 2. The lowest BCUT2D eigenvalue weighted by Crippen LogP contribution is -2.50. The van der Waals surface area contributed by atoms with Crippen molar-refractivity contribution in [1.82, 2.24) is 10.2 Å². The van der Waals surface area contributed by atoms with Crippen molar-refractivity contribution in [2.24, 2.45) is 0 Å². The second-order valence-corrected chi connectivity index (χ2v) is 13.2. The molecule has 7 nitrogen and oxygen atoms in total. The van der Waals surface area contributed by atoms with E-state index in [0.29, 0.717) is 25.1 Å². The quantitative estimate of drug-likeness (QED) is 0.242. The zero-order valence-electron chi connectivity index (χ0n) is 24.3. The lowest BCUT2D eigenvalue weighted by Gasteiger charge is -2.32. The van der Waals surface area contributed by atoms with Gasteiger partial charge in [0, 0.05) is 36.9 Å². The van der Waals surface area contributed by atoms with Crippen molar-refractivity contribution in [1.29, 1.82) is 0 Å². The zero-order valence-corrected chi connectivity index (χ0v) is 26.7. The second kappa shape index (κ2) is 15.2. The number of halogens is 1. The molecule has 0 heterocycles. The Bertz CT molecular complexity index is 1410. The third-order valence-corrected chi connectivity index (χ3v) is 8.58. The number of carbonyl (C=O) groups is 2. The minimum atomic E-state index is -3.57. The summed E-state index contributed by atoms with van der Waals surface area (Å²) in [6, 6.07) is 22.3. The van der Waals surface area contributed by atoms with E-state index in [0.717, 1.165) is 33.1 Å². The predicted octanol–water partition coefficient (Wildman–Crippen LogP) is 5.78. The Morgan fingerprint density at radius 2 is 1.63 bits per heavy atom. The van der Waals surface area contributed by atoms with Gasteiger partial charge in [0.25, 0.3) is 0 Å². The average Bonchev–Trinajstić information content (AvgIpc) is 2.94. The van der Waals surface area contributed by atoms with Crippen LogP contribution in [0.25, 0.3) is 0 Å². The van der Waals surface area contributed by atoms with E-state index < -0.39 is 16.1 Å². The Kier molecular flexibility index (Phi) is 12.0. The molecule has 3 aromatic rings. The van der Waals surface area contributed by atoms with Gasteiger partial charge in [0.15, 0.2) is 0 Å². The molecule has 0 spiro atoms. The summed E-state index contributed by atoms with van der Waals surface area (Å²) in [5.74, 6) is -0.399. The Morgan fingerprint density at radius 3 is 2.27 bits per heavy atom. The largest absolute Gasteiger partial charge is 0.354 e. The van der Waals surface area contributed by atoms with Gasteiger partial charge in [0.1, 0.15) is 6.04 Å². The number of hydrogen-bond acceptors (Lipinski definition) is 4. The monoisotopic (exact) mass is 641 g/mol. The topological polar surface area (TPSA) is 86.8 Å². The van der Waals surface area contributed by atoms with Gasteiger partial charge < -0.3 is 10.2 Å². The standard InChI is InChI=1S/C32H40BrN3O4S/c1-5-19-34-32(38)30(22-26-10-7-6-8-11-26)35(23-27-15-17-28(33)18-16-27)31(37)12-9-20-36(41(4,39)40)29-21-24(2)13-14-25(29)3/h6-8,10-11,13-18,21,30H,5,9,12,19-20,22-23H2,1-4H3,(H,34,38)/t30-/m1/s1. The van der Waals surface area contributed by atoms with E-state index in [1.54, 1.807) is 4.90 Å². The van der Waals surface area contributed by atoms with E-state index in [2.05, 4.69) is 21.2 Å². The van der Waals surface area contributed by atoms with Crippen LogP contribution in [0.5, 0.6) is 0 Å². The van der Waals surface area contributed by atoms with Crippen molar-refractivity contribution in [2.75, 3.05) is 23.7 Å². The molecule has 1 N–H and O–H groups in total.